The number of amides is 2. The van der Waals surface area contributed by atoms with Gasteiger partial charge in [-0.15, -0.1) is 0 Å². The Hall–Kier alpha value is -3.34. The molecule has 1 aliphatic rings. The summed E-state index contributed by atoms with van der Waals surface area (Å²) in [6.45, 7) is 0. The molecule has 1 N–H and O–H groups in total. The molecule has 3 aromatic carbocycles. The van der Waals surface area contributed by atoms with Crippen LogP contribution in [0.2, 0.25) is 10.0 Å². The summed E-state index contributed by atoms with van der Waals surface area (Å²) < 4.78 is 50.7. The largest absolute Gasteiger partial charge is 0.497 e. The van der Waals surface area contributed by atoms with Gasteiger partial charge in [0.15, 0.2) is 0 Å². The number of methoxy groups -OCH3 is 2. The second-order valence-electron chi connectivity index (χ2n) is 7.56. The number of ether oxygens (including phenoxy) is 2. The third-order valence-electron chi connectivity index (χ3n) is 5.26. The third kappa shape index (κ3) is 5.51. The molecule has 1 aliphatic heterocycles. The van der Waals surface area contributed by atoms with E-state index in [0.29, 0.717) is 38.1 Å². The number of anilines is 2. The van der Waals surface area contributed by atoms with Gasteiger partial charge in [0, 0.05) is 16.0 Å². The minimum absolute atomic E-state index is 0.0568. The summed E-state index contributed by atoms with van der Waals surface area (Å²) in [6, 6.07) is 13.7. The number of hydrogen-bond acceptors (Lipinski definition) is 6. The zero-order valence-corrected chi connectivity index (χ0v) is 21.5. The van der Waals surface area contributed by atoms with Gasteiger partial charge in [-0.1, -0.05) is 35.0 Å². The van der Waals surface area contributed by atoms with Crippen LogP contribution in [-0.2, 0) is 15.8 Å². The summed E-state index contributed by atoms with van der Waals surface area (Å²) in [7, 11) is 2.88. The Morgan fingerprint density at radius 2 is 1.59 bits per heavy atom. The second-order valence-corrected chi connectivity index (χ2v) is 9.49. The number of thioether (sulfide) groups is 1. The molecule has 0 atom stereocenters. The van der Waals surface area contributed by atoms with Crippen molar-refractivity contribution in [2.45, 2.75) is 11.1 Å². The molecule has 0 radical (unpaired) electrons. The van der Waals surface area contributed by atoms with Crippen LogP contribution in [0.4, 0.5) is 24.5 Å². The van der Waals surface area contributed by atoms with Gasteiger partial charge < -0.3 is 14.8 Å². The van der Waals surface area contributed by atoms with Crippen LogP contribution in [0.25, 0.3) is 0 Å². The number of nitrogens with one attached hydrogen (secondary N) is 1. The van der Waals surface area contributed by atoms with Crippen molar-refractivity contribution in [1.82, 2.24) is 0 Å². The minimum Gasteiger partial charge on any atom is -0.497 e. The molecule has 0 bridgehead atoms. The molecule has 0 aliphatic carbocycles. The first-order valence-electron chi connectivity index (χ1n) is 10.5. The van der Waals surface area contributed by atoms with Gasteiger partial charge in [0.2, 0.25) is 0 Å². The van der Waals surface area contributed by atoms with Crippen LogP contribution in [-0.4, -0.2) is 26.0 Å². The Balaban J connectivity index is 1.81. The standard InChI is InChI=1S/C25H17Cl2F3N2O4S/c1-35-15-6-10-18(20(12-15)36-2)31-21-22(37-16-7-4-14(26)5-8-16)24(34)32(23(21)33)19-11-13(25(28,29)30)3-9-17(19)27/h3-12,31H,1-2H3. The summed E-state index contributed by atoms with van der Waals surface area (Å²) in [6.07, 6.45) is -4.71. The van der Waals surface area contributed by atoms with Gasteiger partial charge >= 0.3 is 6.18 Å². The molecule has 0 unspecified atom stereocenters. The molecule has 192 valence electrons. The van der Waals surface area contributed by atoms with Crippen LogP contribution < -0.4 is 19.7 Å². The lowest BCUT2D eigenvalue weighted by Gasteiger charge is -2.19. The quantitative estimate of drug-likeness (QED) is 0.309. The summed E-state index contributed by atoms with van der Waals surface area (Å²) in [4.78, 5) is 28.2. The maximum atomic E-state index is 13.6. The van der Waals surface area contributed by atoms with Gasteiger partial charge in [-0.3, -0.25) is 9.59 Å². The second kappa shape index (κ2) is 10.6. The van der Waals surface area contributed by atoms with Crippen LogP contribution in [0.3, 0.4) is 0 Å². The van der Waals surface area contributed by atoms with Crippen molar-refractivity contribution < 1.29 is 32.2 Å². The van der Waals surface area contributed by atoms with E-state index >= 15 is 0 Å². The topological polar surface area (TPSA) is 67.9 Å². The summed E-state index contributed by atoms with van der Waals surface area (Å²) in [5, 5.41) is 3.18. The molecule has 0 aromatic heterocycles. The molecule has 12 heteroatoms. The summed E-state index contributed by atoms with van der Waals surface area (Å²) in [5.41, 5.74) is -1.29. The highest BCUT2D eigenvalue weighted by Crippen LogP contribution is 2.43. The van der Waals surface area contributed by atoms with Crippen LogP contribution in [0, 0.1) is 0 Å². The van der Waals surface area contributed by atoms with Crippen LogP contribution >= 0.6 is 35.0 Å². The summed E-state index contributed by atoms with van der Waals surface area (Å²) >= 11 is 13.1. The molecular weight excluding hydrogens is 552 g/mol. The number of hydrogen-bond donors (Lipinski definition) is 1. The van der Waals surface area contributed by atoms with Gasteiger partial charge in [0.1, 0.15) is 22.1 Å². The monoisotopic (exact) mass is 568 g/mol. The average Bonchev–Trinajstić information content (AvgIpc) is 3.09. The van der Waals surface area contributed by atoms with E-state index in [4.69, 9.17) is 32.7 Å². The highest BCUT2D eigenvalue weighted by atomic mass is 35.5. The van der Waals surface area contributed by atoms with Gasteiger partial charge in [-0.05, 0) is 54.6 Å². The van der Waals surface area contributed by atoms with E-state index in [2.05, 4.69) is 5.32 Å². The predicted molar refractivity (Wildman–Crippen MR) is 136 cm³/mol. The molecule has 6 nitrogen and oxygen atoms in total. The lowest BCUT2D eigenvalue weighted by atomic mass is 10.2. The maximum Gasteiger partial charge on any atom is 0.416 e. The van der Waals surface area contributed by atoms with Crippen LogP contribution in [0.15, 0.2) is 76.2 Å². The number of rotatable bonds is 7. The van der Waals surface area contributed by atoms with Crippen molar-refractivity contribution in [2.75, 3.05) is 24.4 Å². The molecule has 37 heavy (non-hydrogen) atoms. The third-order valence-corrected chi connectivity index (χ3v) is 6.92. The molecule has 0 spiro atoms. The predicted octanol–water partition coefficient (Wildman–Crippen LogP) is 7.02. The van der Waals surface area contributed by atoms with Gasteiger partial charge in [0.25, 0.3) is 11.8 Å². The van der Waals surface area contributed by atoms with Gasteiger partial charge in [0.05, 0.1) is 36.2 Å². The number of imide groups is 1. The maximum absolute atomic E-state index is 13.6. The molecule has 1 heterocycles. The molecule has 4 rings (SSSR count). The summed E-state index contributed by atoms with van der Waals surface area (Å²) in [5.74, 6) is -0.946. The van der Waals surface area contributed by atoms with Crippen molar-refractivity contribution in [3.05, 3.63) is 86.9 Å². The van der Waals surface area contributed by atoms with Crippen molar-refractivity contribution >= 4 is 58.2 Å². The average molecular weight is 569 g/mol. The van der Waals surface area contributed by atoms with E-state index in [1.54, 1.807) is 42.5 Å². The number of nitrogens with zero attached hydrogens (tertiary/aromatic N) is 1. The van der Waals surface area contributed by atoms with Crippen molar-refractivity contribution in [3.63, 3.8) is 0 Å². The van der Waals surface area contributed by atoms with E-state index in [1.165, 1.54) is 14.2 Å². The fraction of sp³-hybridized carbons (Fsp3) is 0.120. The van der Waals surface area contributed by atoms with E-state index in [0.717, 1.165) is 23.9 Å². The van der Waals surface area contributed by atoms with Crippen molar-refractivity contribution in [1.29, 1.82) is 0 Å². The molecule has 0 saturated heterocycles. The normalized spacial score (nSPS) is 13.9. The minimum atomic E-state index is -4.71. The number of carbonyl (C=O) groups excluding carboxylic acids is 2. The first-order valence-corrected chi connectivity index (χ1v) is 12.0. The fourth-order valence-corrected chi connectivity index (χ4v) is 4.71. The lowest BCUT2D eigenvalue weighted by Crippen LogP contribution is -2.33. The van der Waals surface area contributed by atoms with Crippen molar-refractivity contribution in [2.24, 2.45) is 0 Å². The van der Waals surface area contributed by atoms with E-state index in [1.807, 2.05) is 0 Å². The Kier molecular flexibility index (Phi) is 7.63. The smallest absolute Gasteiger partial charge is 0.416 e. The Morgan fingerprint density at radius 3 is 2.22 bits per heavy atom. The van der Waals surface area contributed by atoms with E-state index in [9.17, 15) is 22.8 Å². The number of carbonyl (C=O) groups is 2. The zero-order valence-electron chi connectivity index (χ0n) is 19.2. The number of benzene rings is 3. The molecule has 0 saturated carbocycles. The molecule has 2 amide bonds. The zero-order chi connectivity index (χ0) is 26.9. The van der Waals surface area contributed by atoms with E-state index < -0.39 is 23.6 Å². The first kappa shape index (κ1) is 26.7. The lowest BCUT2D eigenvalue weighted by molar-refractivity contribution is -0.137. The van der Waals surface area contributed by atoms with E-state index in [-0.39, 0.29) is 21.3 Å². The first-order chi connectivity index (χ1) is 17.5. The van der Waals surface area contributed by atoms with Crippen LogP contribution in [0.5, 0.6) is 11.5 Å². The molecule has 0 fully saturated rings. The highest BCUT2D eigenvalue weighted by Gasteiger charge is 2.42. The number of alkyl halides is 3. The van der Waals surface area contributed by atoms with Crippen molar-refractivity contribution in [3.8, 4) is 11.5 Å². The SMILES string of the molecule is COc1ccc(NC2=C(Sc3ccc(Cl)cc3)C(=O)N(c3cc(C(F)(F)F)ccc3Cl)C2=O)c(OC)c1. The van der Waals surface area contributed by atoms with Gasteiger partial charge in [-0.2, -0.15) is 13.2 Å². The van der Waals surface area contributed by atoms with Gasteiger partial charge in [-0.25, -0.2) is 4.90 Å². The Labute approximate surface area is 223 Å². The fourth-order valence-electron chi connectivity index (χ4n) is 3.45. The number of halogens is 5. The molecule has 3 aromatic rings. The Bertz CT molecular complexity index is 1410. The Morgan fingerprint density at radius 1 is 0.892 bits per heavy atom. The molecular formula is C25H17Cl2F3N2O4S. The van der Waals surface area contributed by atoms with Crippen LogP contribution in [0.1, 0.15) is 5.56 Å². The highest BCUT2D eigenvalue weighted by molar-refractivity contribution is 8.04.